The molecule has 88 valence electrons. The average molecular weight is 245 g/mol. The second-order valence-electron chi connectivity index (χ2n) is 2.97. The summed E-state index contributed by atoms with van der Waals surface area (Å²) in [6.45, 7) is 1.49. The number of nitrogens with one attached hydrogen (secondary N) is 2. The van der Waals surface area contributed by atoms with Crippen LogP contribution in [0.15, 0.2) is 6.20 Å². The van der Waals surface area contributed by atoms with Gasteiger partial charge in [-0.15, -0.1) is 11.3 Å². The predicted octanol–water partition coefficient (Wildman–Crippen LogP) is 0.0185. The predicted molar refractivity (Wildman–Crippen MR) is 57.5 cm³/mol. The number of urea groups is 1. The Kier molecular flexibility index (Phi) is 4.20. The number of rotatable bonds is 4. The lowest BCUT2D eigenvalue weighted by Gasteiger charge is -2.07. The molecule has 0 aromatic carbocycles. The Labute approximate surface area is 95.1 Å². The number of carbonyl (C=O) groups excluding carboxylic acids is 1. The van der Waals surface area contributed by atoms with Crippen molar-refractivity contribution in [1.29, 1.82) is 0 Å². The third-order valence-electron chi connectivity index (χ3n) is 1.58. The van der Waals surface area contributed by atoms with Crippen molar-refractivity contribution in [1.82, 2.24) is 10.3 Å². The molecular weight excluding hydrogens is 234 g/mol. The SMILES string of the molecule is Cc1cnc(NC(=O)NC[C@H](O)C(=O)O)s1. The number of aliphatic hydroxyl groups is 1. The molecule has 7 nitrogen and oxygen atoms in total. The van der Waals surface area contributed by atoms with Gasteiger partial charge in [-0.1, -0.05) is 0 Å². The molecule has 4 N–H and O–H groups in total. The molecule has 1 aromatic heterocycles. The molecule has 0 saturated carbocycles. The van der Waals surface area contributed by atoms with Crippen molar-refractivity contribution in [2.24, 2.45) is 0 Å². The van der Waals surface area contributed by atoms with Gasteiger partial charge in [0, 0.05) is 11.1 Å². The molecule has 8 heteroatoms. The van der Waals surface area contributed by atoms with E-state index in [0.717, 1.165) is 4.88 Å². The summed E-state index contributed by atoms with van der Waals surface area (Å²) in [6, 6.07) is -0.602. The average Bonchev–Trinajstić information content (AvgIpc) is 2.60. The van der Waals surface area contributed by atoms with E-state index in [-0.39, 0.29) is 6.54 Å². The quantitative estimate of drug-likeness (QED) is 0.597. The summed E-state index contributed by atoms with van der Waals surface area (Å²) < 4.78 is 0. The Morgan fingerprint density at radius 1 is 1.62 bits per heavy atom. The van der Waals surface area contributed by atoms with Crippen LogP contribution in [0.1, 0.15) is 4.88 Å². The molecule has 1 heterocycles. The number of nitrogens with zero attached hydrogens (tertiary/aromatic N) is 1. The number of aromatic nitrogens is 1. The molecule has 0 radical (unpaired) electrons. The normalized spacial score (nSPS) is 11.9. The van der Waals surface area contributed by atoms with Gasteiger partial charge in [-0.2, -0.15) is 0 Å². The molecule has 2 amide bonds. The number of hydrogen-bond acceptors (Lipinski definition) is 5. The molecule has 0 fully saturated rings. The largest absolute Gasteiger partial charge is 0.479 e. The Bertz CT molecular complexity index is 392. The van der Waals surface area contributed by atoms with Gasteiger partial charge in [0.2, 0.25) is 0 Å². The van der Waals surface area contributed by atoms with Gasteiger partial charge < -0.3 is 15.5 Å². The zero-order valence-corrected chi connectivity index (χ0v) is 9.24. The van der Waals surface area contributed by atoms with E-state index in [9.17, 15) is 9.59 Å². The Balaban J connectivity index is 2.34. The number of aryl methyl sites for hydroxylation is 1. The summed E-state index contributed by atoms with van der Waals surface area (Å²) in [5.41, 5.74) is 0. The number of aliphatic hydroxyl groups excluding tert-OH is 1. The van der Waals surface area contributed by atoms with Crippen LogP contribution in [0.4, 0.5) is 9.93 Å². The van der Waals surface area contributed by atoms with Crippen LogP contribution in [0.2, 0.25) is 0 Å². The van der Waals surface area contributed by atoms with Crippen LogP contribution in [-0.4, -0.2) is 39.8 Å². The zero-order valence-electron chi connectivity index (χ0n) is 8.43. The van der Waals surface area contributed by atoms with Crippen LogP contribution in [0, 0.1) is 6.92 Å². The van der Waals surface area contributed by atoms with Crippen LogP contribution >= 0.6 is 11.3 Å². The number of carbonyl (C=O) groups is 2. The van der Waals surface area contributed by atoms with Crippen LogP contribution in [0.25, 0.3) is 0 Å². The summed E-state index contributed by atoms with van der Waals surface area (Å²) >= 11 is 1.29. The summed E-state index contributed by atoms with van der Waals surface area (Å²) in [6.07, 6.45) is -0.00406. The minimum Gasteiger partial charge on any atom is -0.479 e. The van der Waals surface area contributed by atoms with Crippen molar-refractivity contribution < 1.29 is 19.8 Å². The lowest BCUT2D eigenvalue weighted by molar-refractivity contribution is -0.146. The first-order valence-corrected chi connectivity index (χ1v) is 5.19. The van der Waals surface area contributed by atoms with Crippen molar-refractivity contribution >= 4 is 28.5 Å². The van der Waals surface area contributed by atoms with Gasteiger partial charge in [0.05, 0.1) is 6.54 Å². The van der Waals surface area contributed by atoms with Crippen LogP contribution in [0.3, 0.4) is 0 Å². The first-order chi connectivity index (χ1) is 7.49. The molecule has 0 aliphatic carbocycles. The standard InChI is InChI=1S/C8H11N3O4S/c1-4-2-10-8(16-4)11-7(15)9-3-5(12)6(13)14/h2,5,12H,3H2,1H3,(H,13,14)(H2,9,10,11,15)/t5-/m0/s1. The van der Waals surface area contributed by atoms with Crippen molar-refractivity contribution in [2.75, 3.05) is 11.9 Å². The van der Waals surface area contributed by atoms with E-state index < -0.39 is 18.1 Å². The number of amides is 2. The van der Waals surface area contributed by atoms with Crippen molar-refractivity contribution in [3.8, 4) is 0 Å². The minimum atomic E-state index is -1.61. The monoisotopic (exact) mass is 245 g/mol. The zero-order chi connectivity index (χ0) is 12.1. The fourth-order valence-electron chi connectivity index (χ4n) is 0.831. The van der Waals surface area contributed by atoms with E-state index in [1.807, 2.05) is 6.92 Å². The third-order valence-corrected chi connectivity index (χ3v) is 2.41. The molecule has 0 aliphatic rings. The maximum absolute atomic E-state index is 11.2. The fraction of sp³-hybridized carbons (Fsp3) is 0.375. The van der Waals surface area contributed by atoms with Crippen LogP contribution in [0.5, 0.6) is 0 Å². The van der Waals surface area contributed by atoms with Crippen molar-refractivity contribution in [2.45, 2.75) is 13.0 Å². The number of anilines is 1. The maximum atomic E-state index is 11.2. The van der Waals surface area contributed by atoms with E-state index in [1.54, 1.807) is 6.20 Å². The highest BCUT2D eigenvalue weighted by atomic mass is 32.1. The van der Waals surface area contributed by atoms with E-state index in [2.05, 4.69) is 15.6 Å². The summed E-state index contributed by atoms with van der Waals surface area (Å²) in [5.74, 6) is -1.38. The molecular formula is C8H11N3O4S. The molecule has 1 atom stereocenters. The number of thiazole rings is 1. The molecule has 0 bridgehead atoms. The second kappa shape index (κ2) is 5.42. The van der Waals surface area contributed by atoms with E-state index >= 15 is 0 Å². The molecule has 1 rings (SSSR count). The first-order valence-electron chi connectivity index (χ1n) is 4.37. The highest BCUT2D eigenvalue weighted by Gasteiger charge is 2.14. The lowest BCUT2D eigenvalue weighted by Crippen LogP contribution is -2.38. The minimum absolute atomic E-state index is 0.356. The van der Waals surface area contributed by atoms with Gasteiger partial charge in [0.25, 0.3) is 0 Å². The Hall–Kier alpha value is -1.67. The van der Waals surface area contributed by atoms with Crippen molar-refractivity contribution in [3.63, 3.8) is 0 Å². The van der Waals surface area contributed by atoms with Gasteiger partial charge in [-0.25, -0.2) is 14.6 Å². The van der Waals surface area contributed by atoms with E-state index in [1.165, 1.54) is 11.3 Å². The number of hydrogen-bond donors (Lipinski definition) is 4. The lowest BCUT2D eigenvalue weighted by atomic mass is 10.4. The molecule has 0 unspecified atom stereocenters. The van der Waals surface area contributed by atoms with E-state index in [4.69, 9.17) is 10.2 Å². The highest BCUT2D eigenvalue weighted by molar-refractivity contribution is 7.15. The molecule has 0 saturated heterocycles. The summed E-state index contributed by atoms with van der Waals surface area (Å²) in [4.78, 5) is 26.3. The van der Waals surface area contributed by atoms with Crippen LogP contribution < -0.4 is 10.6 Å². The van der Waals surface area contributed by atoms with Crippen molar-refractivity contribution in [3.05, 3.63) is 11.1 Å². The van der Waals surface area contributed by atoms with Gasteiger partial charge in [0.15, 0.2) is 11.2 Å². The van der Waals surface area contributed by atoms with Gasteiger partial charge in [0.1, 0.15) is 0 Å². The molecule has 16 heavy (non-hydrogen) atoms. The van der Waals surface area contributed by atoms with Crippen LogP contribution in [-0.2, 0) is 4.79 Å². The number of aliphatic carboxylic acids is 1. The fourth-order valence-corrected chi connectivity index (χ4v) is 1.49. The molecule has 0 spiro atoms. The van der Waals surface area contributed by atoms with Gasteiger partial charge >= 0.3 is 12.0 Å². The van der Waals surface area contributed by atoms with Gasteiger partial charge in [-0.05, 0) is 6.92 Å². The number of carboxylic acid groups (broad SMARTS) is 1. The molecule has 0 aliphatic heterocycles. The van der Waals surface area contributed by atoms with E-state index in [0.29, 0.717) is 5.13 Å². The maximum Gasteiger partial charge on any atom is 0.334 e. The summed E-state index contributed by atoms with van der Waals surface area (Å²) in [7, 11) is 0. The highest BCUT2D eigenvalue weighted by Crippen LogP contribution is 2.15. The third kappa shape index (κ3) is 3.83. The Morgan fingerprint density at radius 3 is 2.81 bits per heavy atom. The first kappa shape index (κ1) is 12.4. The topological polar surface area (TPSA) is 112 Å². The number of carboxylic acids is 1. The van der Waals surface area contributed by atoms with Gasteiger partial charge in [-0.3, -0.25) is 5.32 Å². The smallest absolute Gasteiger partial charge is 0.334 e. The Morgan fingerprint density at radius 2 is 2.31 bits per heavy atom. The summed E-state index contributed by atoms with van der Waals surface area (Å²) in [5, 5.41) is 22.3. The second-order valence-corrected chi connectivity index (χ2v) is 4.20. The molecule has 1 aromatic rings.